The van der Waals surface area contributed by atoms with E-state index in [0.717, 1.165) is 4.85 Å². The number of carbonyl (C=O) groups is 2. The van der Waals surface area contributed by atoms with Crippen molar-refractivity contribution in [3.05, 3.63) is 53.6 Å². The molecule has 1 heterocycles. The molecule has 3 rings (SSSR count). The molecule has 0 spiro atoms. The number of ether oxygens (including phenoxy) is 1. The van der Waals surface area contributed by atoms with E-state index in [1.165, 1.54) is 13.2 Å². The molecule has 9 heteroatoms. The number of nitrogens with one attached hydrogen (secondary N) is 1. The van der Waals surface area contributed by atoms with Gasteiger partial charge in [0.15, 0.2) is 0 Å². The molecule has 0 fully saturated rings. The summed E-state index contributed by atoms with van der Waals surface area (Å²) in [5.74, 6) is -0.939. The Kier molecular flexibility index (Phi) is 4.99. The number of methoxy groups -OCH3 is 1. The van der Waals surface area contributed by atoms with E-state index in [2.05, 4.69) is 20.4 Å². The zero-order valence-electron chi connectivity index (χ0n) is 14.5. The number of anilines is 1. The molecular weight excluding hydrogens is 350 g/mol. The van der Waals surface area contributed by atoms with Crippen LogP contribution in [0.4, 0.5) is 5.69 Å². The summed E-state index contributed by atoms with van der Waals surface area (Å²) in [5.41, 5.74) is 2.13. The molecule has 0 unspecified atom stereocenters. The second-order valence-electron chi connectivity index (χ2n) is 5.59. The zero-order chi connectivity index (χ0) is 19.4. The molecule has 1 atom stereocenters. The number of amides is 1. The molecule has 1 aromatic heterocycles. The van der Waals surface area contributed by atoms with Crippen molar-refractivity contribution < 1.29 is 19.2 Å². The number of nitriles is 1. The molecular formula is C18H15N5O4. The first-order chi connectivity index (χ1) is 13.0. The van der Waals surface area contributed by atoms with Crippen LogP contribution in [-0.4, -0.2) is 40.2 Å². The van der Waals surface area contributed by atoms with Crippen molar-refractivity contribution in [1.29, 1.82) is 5.26 Å². The summed E-state index contributed by atoms with van der Waals surface area (Å²) in [7, 11) is 1.28. The van der Waals surface area contributed by atoms with Gasteiger partial charge in [-0.25, -0.2) is 4.79 Å². The van der Waals surface area contributed by atoms with Crippen LogP contribution < -0.4 is 10.2 Å². The normalized spacial score (nSPS) is 11.4. The van der Waals surface area contributed by atoms with E-state index < -0.39 is 18.0 Å². The number of nitrogens with zero attached hydrogens (tertiary/aromatic N) is 4. The molecule has 0 radical (unpaired) electrons. The number of carbonyl (C=O) groups excluding carboxylic acids is 2. The van der Waals surface area contributed by atoms with Crippen LogP contribution in [0.1, 0.15) is 22.8 Å². The standard InChI is InChI=1S/C18H15N5O4/c1-11(17(24)20-14-5-3-4-12(8-14)10-19)27-23-16-9-13(18(25)26-2)6-7-15(16)21-22-23/h3-9,11H,1-2H3,(H,20,24)/t11-/m0/s1. The van der Waals surface area contributed by atoms with Crippen LogP contribution in [0.25, 0.3) is 11.0 Å². The number of rotatable bonds is 5. The summed E-state index contributed by atoms with van der Waals surface area (Å²) in [5, 5.41) is 19.4. The van der Waals surface area contributed by atoms with Crippen LogP contribution in [0.15, 0.2) is 42.5 Å². The van der Waals surface area contributed by atoms with Gasteiger partial charge in [-0.15, -0.1) is 5.10 Å². The van der Waals surface area contributed by atoms with E-state index in [1.54, 1.807) is 43.3 Å². The number of fused-ring (bicyclic) bond motifs is 1. The van der Waals surface area contributed by atoms with Gasteiger partial charge in [0.05, 0.1) is 24.3 Å². The van der Waals surface area contributed by atoms with Gasteiger partial charge in [-0.1, -0.05) is 10.9 Å². The minimum atomic E-state index is -0.914. The van der Waals surface area contributed by atoms with E-state index in [1.807, 2.05) is 6.07 Å². The van der Waals surface area contributed by atoms with E-state index in [0.29, 0.717) is 27.8 Å². The lowest BCUT2D eigenvalue weighted by Gasteiger charge is -2.14. The number of esters is 1. The Morgan fingerprint density at radius 3 is 2.81 bits per heavy atom. The fourth-order valence-corrected chi connectivity index (χ4v) is 2.33. The second kappa shape index (κ2) is 7.53. The van der Waals surface area contributed by atoms with Crippen molar-refractivity contribution >= 4 is 28.6 Å². The smallest absolute Gasteiger partial charge is 0.337 e. The van der Waals surface area contributed by atoms with E-state index in [4.69, 9.17) is 10.1 Å². The predicted molar refractivity (Wildman–Crippen MR) is 94.7 cm³/mol. The first-order valence-electron chi connectivity index (χ1n) is 7.94. The lowest BCUT2D eigenvalue weighted by atomic mass is 10.2. The van der Waals surface area contributed by atoms with Gasteiger partial charge in [0, 0.05) is 5.69 Å². The van der Waals surface area contributed by atoms with E-state index in [9.17, 15) is 9.59 Å². The lowest BCUT2D eigenvalue weighted by molar-refractivity contribution is -0.127. The fraction of sp³-hybridized carbons (Fsp3) is 0.167. The first kappa shape index (κ1) is 17.9. The Hall–Kier alpha value is -3.93. The summed E-state index contributed by atoms with van der Waals surface area (Å²) >= 11 is 0. The Morgan fingerprint density at radius 2 is 2.07 bits per heavy atom. The molecule has 136 valence electrons. The Labute approximate surface area is 154 Å². The van der Waals surface area contributed by atoms with Crippen molar-refractivity contribution in [1.82, 2.24) is 15.2 Å². The van der Waals surface area contributed by atoms with E-state index >= 15 is 0 Å². The largest absolute Gasteiger partial charge is 0.465 e. The van der Waals surface area contributed by atoms with Crippen LogP contribution in [0, 0.1) is 11.3 Å². The van der Waals surface area contributed by atoms with Crippen LogP contribution in [-0.2, 0) is 9.53 Å². The van der Waals surface area contributed by atoms with Gasteiger partial charge in [-0.3, -0.25) is 4.79 Å². The summed E-state index contributed by atoms with van der Waals surface area (Å²) in [6, 6.07) is 13.2. The van der Waals surface area contributed by atoms with Crippen molar-refractivity contribution in [3.8, 4) is 6.07 Å². The SMILES string of the molecule is COC(=O)c1ccc2nnn(O[C@@H](C)C(=O)Nc3cccc(C#N)c3)c2c1. The summed E-state index contributed by atoms with van der Waals surface area (Å²) < 4.78 is 4.69. The minimum absolute atomic E-state index is 0.308. The average Bonchev–Trinajstić information content (AvgIpc) is 3.09. The monoisotopic (exact) mass is 365 g/mol. The van der Waals surface area contributed by atoms with Crippen LogP contribution in [0.5, 0.6) is 0 Å². The third kappa shape index (κ3) is 3.85. The van der Waals surface area contributed by atoms with Crippen LogP contribution >= 0.6 is 0 Å². The molecule has 1 amide bonds. The third-order valence-corrected chi connectivity index (χ3v) is 3.72. The number of benzene rings is 2. The van der Waals surface area contributed by atoms with Crippen molar-refractivity contribution in [2.75, 3.05) is 12.4 Å². The van der Waals surface area contributed by atoms with Crippen molar-refractivity contribution in [2.24, 2.45) is 0 Å². The molecule has 2 aromatic carbocycles. The van der Waals surface area contributed by atoms with Gasteiger partial charge in [0.25, 0.3) is 5.91 Å². The average molecular weight is 365 g/mol. The third-order valence-electron chi connectivity index (χ3n) is 3.72. The molecule has 0 aliphatic rings. The fourth-order valence-electron chi connectivity index (χ4n) is 2.33. The summed E-state index contributed by atoms with van der Waals surface area (Å²) in [4.78, 5) is 30.6. The van der Waals surface area contributed by atoms with Crippen LogP contribution in [0.2, 0.25) is 0 Å². The molecule has 27 heavy (non-hydrogen) atoms. The Morgan fingerprint density at radius 1 is 1.26 bits per heavy atom. The van der Waals surface area contributed by atoms with Crippen LogP contribution in [0.3, 0.4) is 0 Å². The molecule has 3 aromatic rings. The summed E-state index contributed by atoms with van der Waals surface area (Å²) in [6.07, 6.45) is -0.914. The van der Waals surface area contributed by atoms with Gasteiger partial charge in [0.1, 0.15) is 11.0 Å². The molecule has 1 N–H and O–H groups in total. The highest BCUT2D eigenvalue weighted by Crippen LogP contribution is 2.14. The highest BCUT2D eigenvalue weighted by molar-refractivity contribution is 5.94. The number of aromatic nitrogens is 3. The highest BCUT2D eigenvalue weighted by atomic mass is 16.7. The maximum absolute atomic E-state index is 12.3. The number of hydrogen-bond acceptors (Lipinski definition) is 7. The van der Waals surface area contributed by atoms with Gasteiger partial charge in [-0.05, 0) is 48.5 Å². The summed E-state index contributed by atoms with van der Waals surface area (Å²) in [6.45, 7) is 1.54. The predicted octanol–water partition coefficient (Wildman–Crippen LogP) is 1.55. The highest BCUT2D eigenvalue weighted by Gasteiger charge is 2.18. The van der Waals surface area contributed by atoms with Crippen molar-refractivity contribution in [2.45, 2.75) is 13.0 Å². The second-order valence-corrected chi connectivity index (χ2v) is 5.59. The zero-order valence-corrected chi connectivity index (χ0v) is 14.5. The maximum atomic E-state index is 12.3. The molecule has 0 saturated heterocycles. The Balaban J connectivity index is 1.76. The molecule has 0 aliphatic carbocycles. The van der Waals surface area contributed by atoms with E-state index in [-0.39, 0.29) is 0 Å². The number of hydrogen-bond donors (Lipinski definition) is 1. The lowest BCUT2D eigenvalue weighted by Crippen LogP contribution is -2.35. The van der Waals surface area contributed by atoms with Gasteiger partial charge < -0.3 is 14.9 Å². The first-order valence-corrected chi connectivity index (χ1v) is 7.94. The molecule has 0 bridgehead atoms. The molecule has 0 saturated carbocycles. The Bertz CT molecular complexity index is 1050. The van der Waals surface area contributed by atoms with Gasteiger partial charge >= 0.3 is 5.97 Å². The minimum Gasteiger partial charge on any atom is -0.465 e. The van der Waals surface area contributed by atoms with Gasteiger partial charge in [0.2, 0.25) is 6.10 Å². The van der Waals surface area contributed by atoms with Crippen molar-refractivity contribution in [3.63, 3.8) is 0 Å². The molecule has 0 aliphatic heterocycles. The quantitative estimate of drug-likeness (QED) is 0.681. The molecule has 9 nitrogen and oxygen atoms in total. The topological polar surface area (TPSA) is 119 Å². The van der Waals surface area contributed by atoms with Gasteiger partial charge in [-0.2, -0.15) is 5.26 Å². The maximum Gasteiger partial charge on any atom is 0.337 e.